The van der Waals surface area contributed by atoms with Gasteiger partial charge in [-0.3, -0.25) is 0 Å². The highest BCUT2D eigenvalue weighted by Gasteiger charge is 2.19. The molecule has 0 aromatic carbocycles. The van der Waals surface area contributed by atoms with Crippen LogP contribution in [0.15, 0.2) is 6.20 Å². The van der Waals surface area contributed by atoms with Crippen LogP contribution in [0.1, 0.15) is 12.0 Å². The third kappa shape index (κ3) is 1.82. The topological polar surface area (TPSA) is 12.9 Å². The predicted molar refractivity (Wildman–Crippen MR) is 46.9 cm³/mol. The number of aromatic nitrogens is 1. The van der Waals surface area contributed by atoms with Crippen LogP contribution >= 0.6 is 34.2 Å². The molecule has 0 spiro atoms. The summed E-state index contributed by atoms with van der Waals surface area (Å²) in [6, 6.07) is 0. The maximum atomic E-state index is 12.7. The van der Waals surface area contributed by atoms with Gasteiger partial charge in [-0.25, -0.2) is 18.2 Å². The molecule has 1 nitrogen and oxygen atoms in total. The van der Waals surface area contributed by atoms with Crippen LogP contribution in [0.2, 0.25) is 5.15 Å². The molecule has 1 heterocycles. The van der Waals surface area contributed by atoms with Gasteiger partial charge in [0.15, 0.2) is 5.82 Å². The van der Waals surface area contributed by atoms with Gasteiger partial charge in [-0.05, 0) is 22.6 Å². The van der Waals surface area contributed by atoms with Gasteiger partial charge in [0.1, 0.15) is 5.15 Å². The van der Waals surface area contributed by atoms with Gasteiger partial charge in [0, 0.05) is 0 Å². The van der Waals surface area contributed by atoms with E-state index in [1.54, 1.807) is 0 Å². The summed E-state index contributed by atoms with van der Waals surface area (Å²) in [5.41, 5.74) is -0.544. The molecular weight excluding hydrogens is 305 g/mol. The highest BCUT2D eigenvalue weighted by molar-refractivity contribution is 14.1. The summed E-state index contributed by atoms with van der Waals surface area (Å²) in [5.74, 6) is -0.782. The number of nitrogens with zero attached hydrogens (tertiary/aromatic N) is 1. The van der Waals surface area contributed by atoms with Crippen molar-refractivity contribution < 1.29 is 13.2 Å². The molecule has 0 fully saturated rings. The molecule has 0 atom stereocenters. The highest BCUT2D eigenvalue weighted by atomic mass is 127. The molecule has 0 aliphatic heterocycles. The third-order valence-corrected chi connectivity index (χ3v) is 2.58. The molecule has 0 bridgehead atoms. The Morgan fingerprint density at radius 1 is 1.50 bits per heavy atom. The normalized spacial score (nSPS) is 10.8. The van der Waals surface area contributed by atoms with Crippen molar-refractivity contribution in [2.75, 3.05) is 0 Å². The fraction of sp³-hybridized carbons (Fsp3) is 0.167. The van der Waals surface area contributed by atoms with Crippen molar-refractivity contribution in [1.29, 1.82) is 0 Å². The second kappa shape index (κ2) is 3.78. The van der Waals surface area contributed by atoms with Crippen LogP contribution < -0.4 is 0 Å². The lowest BCUT2D eigenvalue weighted by molar-refractivity contribution is 0.149. The Labute approximate surface area is 85.1 Å². The molecule has 0 aliphatic carbocycles. The lowest BCUT2D eigenvalue weighted by atomic mass is 10.3. The Balaban J connectivity index is 3.33. The number of alkyl halides is 2. The highest BCUT2D eigenvalue weighted by Crippen LogP contribution is 2.30. The Kier molecular flexibility index (Phi) is 3.16. The number of pyridine rings is 1. The van der Waals surface area contributed by atoms with E-state index in [1.807, 2.05) is 0 Å². The Morgan fingerprint density at radius 2 is 2.08 bits per heavy atom. The Bertz CT molecular complexity index is 305. The summed E-state index contributed by atoms with van der Waals surface area (Å²) in [7, 11) is 0. The average Bonchev–Trinajstić information content (AvgIpc) is 1.97. The van der Waals surface area contributed by atoms with Crippen molar-refractivity contribution in [3.8, 4) is 0 Å². The molecule has 1 rings (SSSR count). The van der Waals surface area contributed by atoms with Crippen LogP contribution in [-0.2, 0) is 0 Å². The van der Waals surface area contributed by atoms with E-state index in [1.165, 1.54) is 22.6 Å². The van der Waals surface area contributed by atoms with Crippen molar-refractivity contribution in [2.45, 2.75) is 6.43 Å². The Morgan fingerprint density at radius 3 is 2.50 bits per heavy atom. The van der Waals surface area contributed by atoms with E-state index in [2.05, 4.69) is 4.98 Å². The van der Waals surface area contributed by atoms with Crippen LogP contribution in [0.25, 0.3) is 0 Å². The van der Waals surface area contributed by atoms with Crippen molar-refractivity contribution in [3.05, 3.63) is 26.3 Å². The van der Waals surface area contributed by atoms with Gasteiger partial charge in [-0.1, -0.05) is 11.6 Å². The second-order valence-corrected chi connectivity index (χ2v) is 3.36. The smallest absolute Gasteiger partial charge is 0.241 e. The zero-order valence-corrected chi connectivity index (χ0v) is 8.41. The number of rotatable bonds is 1. The Hall–Kier alpha value is -0.0400. The standard InChI is InChI=1S/C6H2ClF3IN/c7-5-3(6(9)10)4(11)2(8)1-12-5/h1,6H. The van der Waals surface area contributed by atoms with Gasteiger partial charge < -0.3 is 0 Å². The third-order valence-electron chi connectivity index (χ3n) is 1.18. The molecule has 1 aromatic rings. The minimum atomic E-state index is -2.80. The molecule has 0 N–H and O–H groups in total. The van der Waals surface area contributed by atoms with Crippen molar-refractivity contribution >= 4 is 34.2 Å². The molecule has 0 unspecified atom stereocenters. The van der Waals surface area contributed by atoms with Gasteiger partial charge in [0.05, 0.1) is 15.3 Å². The summed E-state index contributed by atoms with van der Waals surface area (Å²) in [6.07, 6.45) is -1.98. The fourth-order valence-corrected chi connectivity index (χ4v) is 1.66. The molecule has 0 amide bonds. The summed E-state index contributed by atoms with van der Waals surface area (Å²) in [4.78, 5) is 3.27. The zero-order valence-electron chi connectivity index (χ0n) is 5.49. The lowest BCUT2D eigenvalue weighted by Crippen LogP contribution is -1.97. The first-order valence-electron chi connectivity index (χ1n) is 2.81. The molecule has 66 valence electrons. The van der Waals surface area contributed by atoms with Crippen LogP contribution in [-0.4, -0.2) is 4.98 Å². The first-order chi connectivity index (χ1) is 5.54. The lowest BCUT2D eigenvalue weighted by Gasteiger charge is -2.04. The molecule has 0 saturated heterocycles. The number of hydrogen-bond donors (Lipinski definition) is 0. The van der Waals surface area contributed by atoms with Crippen molar-refractivity contribution in [3.63, 3.8) is 0 Å². The number of halogens is 5. The molecule has 0 aliphatic rings. The SMILES string of the molecule is Fc1cnc(Cl)c(C(F)F)c1I. The van der Waals surface area contributed by atoms with Gasteiger partial charge >= 0.3 is 0 Å². The minimum Gasteiger partial charge on any atom is -0.241 e. The number of hydrogen-bond acceptors (Lipinski definition) is 1. The molecule has 12 heavy (non-hydrogen) atoms. The van der Waals surface area contributed by atoms with E-state index in [-0.39, 0.29) is 8.72 Å². The van der Waals surface area contributed by atoms with Gasteiger partial charge in [0.2, 0.25) is 0 Å². The van der Waals surface area contributed by atoms with E-state index in [0.29, 0.717) is 0 Å². The van der Waals surface area contributed by atoms with Crippen molar-refractivity contribution in [1.82, 2.24) is 4.98 Å². The summed E-state index contributed by atoms with van der Waals surface area (Å²) in [6.45, 7) is 0. The van der Waals surface area contributed by atoms with Gasteiger partial charge in [0.25, 0.3) is 6.43 Å². The van der Waals surface area contributed by atoms with Crippen molar-refractivity contribution in [2.24, 2.45) is 0 Å². The minimum absolute atomic E-state index is 0.178. The average molecular weight is 307 g/mol. The van der Waals surface area contributed by atoms with E-state index >= 15 is 0 Å². The van der Waals surface area contributed by atoms with Gasteiger partial charge in [-0.15, -0.1) is 0 Å². The summed E-state index contributed by atoms with van der Waals surface area (Å²) in [5, 5.41) is -0.351. The largest absolute Gasteiger partial charge is 0.267 e. The first-order valence-corrected chi connectivity index (χ1v) is 4.27. The van der Waals surface area contributed by atoms with E-state index in [4.69, 9.17) is 11.6 Å². The summed E-state index contributed by atoms with van der Waals surface area (Å²) >= 11 is 6.80. The molecule has 0 radical (unpaired) electrons. The first kappa shape index (κ1) is 10.0. The fourth-order valence-electron chi connectivity index (χ4n) is 0.645. The molecule has 1 aromatic heterocycles. The summed E-state index contributed by atoms with van der Waals surface area (Å²) < 4.78 is 36.8. The van der Waals surface area contributed by atoms with E-state index in [0.717, 1.165) is 6.20 Å². The maximum absolute atomic E-state index is 12.7. The van der Waals surface area contributed by atoms with E-state index < -0.39 is 17.8 Å². The van der Waals surface area contributed by atoms with Gasteiger partial charge in [-0.2, -0.15) is 0 Å². The van der Waals surface area contributed by atoms with Crippen LogP contribution in [0.5, 0.6) is 0 Å². The monoisotopic (exact) mass is 307 g/mol. The predicted octanol–water partition coefficient (Wildman–Crippen LogP) is 3.42. The van der Waals surface area contributed by atoms with E-state index in [9.17, 15) is 13.2 Å². The molecule has 0 saturated carbocycles. The molecule has 6 heteroatoms. The molecular formula is C6H2ClF3IN. The second-order valence-electron chi connectivity index (χ2n) is 1.93. The van der Waals surface area contributed by atoms with Crippen LogP contribution in [0.4, 0.5) is 13.2 Å². The zero-order chi connectivity index (χ0) is 9.30. The quantitative estimate of drug-likeness (QED) is 0.572. The van der Waals surface area contributed by atoms with Crippen LogP contribution in [0.3, 0.4) is 0 Å². The maximum Gasteiger partial charge on any atom is 0.267 e. The van der Waals surface area contributed by atoms with Crippen LogP contribution in [0, 0.1) is 9.39 Å².